The van der Waals surface area contributed by atoms with Crippen molar-refractivity contribution in [2.45, 2.75) is 31.7 Å². The number of furan rings is 1. The van der Waals surface area contributed by atoms with E-state index in [2.05, 4.69) is 5.32 Å². The Hall–Kier alpha value is -3.04. The summed E-state index contributed by atoms with van der Waals surface area (Å²) in [4.78, 5) is 23.4. The van der Waals surface area contributed by atoms with Gasteiger partial charge in [0.1, 0.15) is 23.2 Å². The van der Waals surface area contributed by atoms with E-state index in [0.717, 1.165) is 25.7 Å². The monoisotopic (exact) mass is 384 g/mol. The van der Waals surface area contributed by atoms with Crippen LogP contribution in [0, 0.1) is 11.3 Å². The average molecular weight is 385 g/mol. The van der Waals surface area contributed by atoms with Gasteiger partial charge < -0.3 is 14.8 Å². The summed E-state index contributed by atoms with van der Waals surface area (Å²) in [5.41, 5.74) is 0.454. The molecule has 138 valence electrons. The highest BCUT2D eigenvalue weighted by molar-refractivity contribution is 6.33. The molecule has 1 fully saturated rings. The number of rotatable bonds is 5. The second kappa shape index (κ2) is 8.11. The van der Waals surface area contributed by atoms with E-state index in [1.165, 1.54) is 24.3 Å². The van der Waals surface area contributed by atoms with Gasteiger partial charge in [0.2, 0.25) is 0 Å². The Morgan fingerprint density at radius 2 is 2.00 bits per heavy atom. The maximum Gasteiger partial charge on any atom is 0.335 e. The number of aromatic carboxylic acids is 1. The van der Waals surface area contributed by atoms with Crippen molar-refractivity contribution in [3.8, 4) is 17.4 Å². The number of carboxylic acids is 1. The lowest BCUT2D eigenvalue weighted by Gasteiger charge is -2.10. The molecule has 2 N–H and O–H groups in total. The Balaban J connectivity index is 1.83. The lowest BCUT2D eigenvalue weighted by atomic mass is 10.1. The molecule has 0 aliphatic heterocycles. The van der Waals surface area contributed by atoms with Crippen LogP contribution in [0.1, 0.15) is 41.8 Å². The van der Waals surface area contributed by atoms with Gasteiger partial charge in [0.15, 0.2) is 0 Å². The van der Waals surface area contributed by atoms with Gasteiger partial charge in [-0.3, -0.25) is 4.79 Å². The fourth-order valence-electron chi connectivity index (χ4n) is 3.05. The summed E-state index contributed by atoms with van der Waals surface area (Å²) in [6.07, 6.45) is 5.37. The highest BCUT2D eigenvalue weighted by Crippen LogP contribution is 2.31. The second-order valence-electron chi connectivity index (χ2n) is 6.33. The van der Waals surface area contributed by atoms with Crippen LogP contribution in [0.2, 0.25) is 5.02 Å². The topological polar surface area (TPSA) is 103 Å². The predicted molar refractivity (Wildman–Crippen MR) is 100 cm³/mol. The molecule has 1 aliphatic carbocycles. The van der Waals surface area contributed by atoms with Crippen LogP contribution in [-0.4, -0.2) is 23.0 Å². The molecular weight excluding hydrogens is 368 g/mol. The van der Waals surface area contributed by atoms with Gasteiger partial charge in [-0.2, -0.15) is 5.26 Å². The number of nitrogens with one attached hydrogen (secondary N) is 1. The Kier molecular flexibility index (Phi) is 5.63. The predicted octanol–water partition coefficient (Wildman–Crippen LogP) is 4.26. The van der Waals surface area contributed by atoms with Crippen LogP contribution in [0.4, 0.5) is 0 Å². The first-order chi connectivity index (χ1) is 13.0. The lowest BCUT2D eigenvalue weighted by Crippen LogP contribution is -2.33. The van der Waals surface area contributed by atoms with Crippen LogP contribution >= 0.6 is 11.6 Å². The van der Waals surface area contributed by atoms with Gasteiger partial charge in [-0.15, -0.1) is 0 Å². The summed E-state index contributed by atoms with van der Waals surface area (Å²) in [5.74, 6) is -0.842. The van der Waals surface area contributed by atoms with Crippen molar-refractivity contribution in [3.05, 3.63) is 52.3 Å². The summed E-state index contributed by atoms with van der Waals surface area (Å²) in [7, 11) is 0. The summed E-state index contributed by atoms with van der Waals surface area (Å²) >= 11 is 6.14. The average Bonchev–Trinajstić information content (AvgIpc) is 3.31. The SMILES string of the molecule is N#C/C(=C/c1ccc(-c2cc(C(=O)O)ccc2Cl)o1)C(=O)NC1CCCC1. The lowest BCUT2D eigenvalue weighted by molar-refractivity contribution is -0.117. The van der Waals surface area contributed by atoms with Crippen LogP contribution < -0.4 is 5.32 Å². The first kappa shape index (κ1) is 18.7. The number of amides is 1. The summed E-state index contributed by atoms with van der Waals surface area (Å²) in [5, 5.41) is 21.6. The fourth-order valence-corrected chi connectivity index (χ4v) is 3.26. The Morgan fingerprint density at radius 3 is 2.67 bits per heavy atom. The second-order valence-corrected chi connectivity index (χ2v) is 6.73. The zero-order valence-corrected chi connectivity index (χ0v) is 15.1. The van der Waals surface area contributed by atoms with Crippen LogP contribution in [0.5, 0.6) is 0 Å². The molecule has 7 heteroatoms. The summed E-state index contributed by atoms with van der Waals surface area (Å²) in [6.45, 7) is 0. The number of halogens is 1. The molecule has 1 amide bonds. The minimum atomic E-state index is -1.07. The Bertz CT molecular complexity index is 949. The largest absolute Gasteiger partial charge is 0.478 e. The number of nitrogens with zero attached hydrogens (tertiary/aromatic N) is 1. The number of carboxylic acid groups (broad SMARTS) is 1. The van der Waals surface area contributed by atoms with Gasteiger partial charge in [0, 0.05) is 17.7 Å². The molecule has 0 saturated heterocycles. The highest BCUT2D eigenvalue weighted by Gasteiger charge is 2.20. The molecule has 3 rings (SSSR count). The quantitative estimate of drug-likeness (QED) is 0.592. The third kappa shape index (κ3) is 4.39. The third-order valence-corrected chi connectivity index (χ3v) is 4.78. The Labute approximate surface area is 161 Å². The van der Waals surface area contributed by atoms with Crippen molar-refractivity contribution in [1.82, 2.24) is 5.32 Å². The molecule has 6 nitrogen and oxygen atoms in total. The number of hydrogen-bond donors (Lipinski definition) is 2. The minimum absolute atomic E-state index is 0.0480. The molecule has 0 spiro atoms. The maximum absolute atomic E-state index is 12.3. The van der Waals surface area contributed by atoms with E-state index in [1.54, 1.807) is 12.1 Å². The number of benzene rings is 1. The molecule has 27 heavy (non-hydrogen) atoms. The molecule has 2 aromatic rings. The number of carbonyl (C=O) groups excluding carboxylic acids is 1. The van der Waals surface area contributed by atoms with Crippen LogP contribution in [0.25, 0.3) is 17.4 Å². The smallest absolute Gasteiger partial charge is 0.335 e. The number of nitriles is 1. The van der Waals surface area contributed by atoms with Gasteiger partial charge in [-0.1, -0.05) is 24.4 Å². The van der Waals surface area contributed by atoms with E-state index in [0.29, 0.717) is 22.1 Å². The van der Waals surface area contributed by atoms with Crippen molar-refractivity contribution >= 4 is 29.6 Å². The minimum Gasteiger partial charge on any atom is -0.478 e. The fraction of sp³-hybridized carbons (Fsp3) is 0.250. The van der Waals surface area contributed by atoms with Crippen LogP contribution in [-0.2, 0) is 4.79 Å². The highest BCUT2D eigenvalue weighted by atomic mass is 35.5. The van der Waals surface area contributed by atoms with Gasteiger partial charge in [-0.05, 0) is 43.2 Å². The molecule has 1 aromatic carbocycles. The van der Waals surface area contributed by atoms with E-state index >= 15 is 0 Å². The van der Waals surface area contributed by atoms with Crippen LogP contribution in [0.15, 0.2) is 40.3 Å². The van der Waals surface area contributed by atoms with Gasteiger partial charge >= 0.3 is 5.97 Å². The molecule has 1 aliphatic rings. The molecule has 0 radical (unpaired) electrons. The summed E-state index contributed by atoms with van der Waals surface area (Å²) in [6, 6.07) is 9.51. The van der Waals surface area contributed by atoms with Gasteiger partial charge in [-0.25, -0.2) is 4.79 Å². The standard InChI is InChI=1S/C20H17ClN2O4/c21-17-7-5-12(20(25)26)10-16(17)18-8-6-15(27-18)9-13(11-22)19(24)23-14-3-1-2-4-14/h5-10,14H,1-4H2,(H,23,24)(H,25,26)/b13-9-. The maximum atomic E-state index is 12.3. The van der Waals surface area contributed by atoms with E-state index < -0.39 is 11.9 Å². The van der Waals surface area contributed by atoms with Gasteiger partial charge in [0.25, 0.3) is 5.91 Å². The van der Waals surface area contributed by atoms with Crippen molar-refractivity contribution in [2.75, 3.05) is 0 Å². The van der Waals surface area contributed by atoms with Crippen molar-refractivity contribution < 1.29 is 19.1 Å². The zero-order valence-electron chi connectivity index (χ0n) is 14.4. The Morgan fingerprint density at radius 1 is 1.26 bits per heavy atom. The molecule has 1 aromatic heterocycles. The molecule has 1 saturated carbocycles. The third-order valence-electron chi connectivity index (χ3n) is 4.45. The number of hydrogen-bond acceptors (Lipinski definition) is 4. The summed E-state index contributed by atoms with van der Waals surface area (Å²) < 4.78 is 5.65. The van der Waals surface area contributed by atoms with Crippen molar-refractivity contribution in [2.24, 2.45) is 0 Å². The van der Waals surface area contributed by atoms with Crippen molar-refractivity contribution in [3.63, 3.8) is 0 Å². The molecule has 1 heterocycles. The molecular formula is C20H17ClN2O4. The zero-order chi connectivity index (χ0) is 19.4. The first-order valence-electron chi connectivity index (χ1n) is 8.53. The van der Waals surface area contributed by atoms with Crippen LogP contribution in [0.3, 0.4) is 0 Å². The molecule has 0 unspecified atom stereocenters. The van der Waals surface area contributed by atoms with E-state index in [-0.39, 0.29) is 17.2 Å². The molecule has 0 atom stereocenters. The van der Waals surface area contributed by atoms with Crippen molar-refractivity contribution in [1.29, 1.82) is 5.26 Å². The van der Waals surface area contributed by atoms with E-state index in [9.17, 15) is 14.9 Å². The first-order valence-corrected chi connectivity index (χ1v) is 8.91. The normalized spacial score (nSPS) is 14.7. The molecule has 0 bridgehead atoms. The van der Waals surface area contributed by atoms with Gasteiger partial charge in [0.05, 0.1) is 10.6 Å². The van der Waals surface area contributed by atoms with E-state index in [4.69, 9.17) is 21.1 Å². The number of carbonyl (C=O) groups is 2. The van der Waals surface area contributed by atoms with E-state index in [1.807, 2.05) is 6.07 Å².